The van der Waals surface area contributed by atoms with E-state index in [1.807, 2.05) is 18.2 Å². The van der Waals surface area contributed by atoms with Crippen LogP contribution in [0.2, 0.25) is 0 Å². The lowest BCUT2D eigenvalue weighted by Gasteiger charge is -2.38. The molecular weight excluding hydrogens is 971 g/mol. The van der Waals surface area contributed by atoms with Gasteiger partial charge in [-0.25, -0.2) is 0 Å². The summed E-state index contributed by atoms with van der Waals surface area (Å²) >= 11 is 0. The molecule has 17 heteroatoms. The fraction of sp³-hybridized carbons (Fsp3) is 0.559. The number of carbonyl (C=O) groups is 5. The Kier molecular flexibility index (Phi) is 16.8. The van der Waals surface area contributed by atoms with Crippen LogP contribution in [0.15, 0.2) is 82.9 Å². The highest BCUT2D eigenvalue weighted by atomic mass is 16.7. The topological polar surface area (TPSA) is 226 Å². The molecule has 2 fully saturated rings. The van der Waals surface area contributed by atoms with Crippen LogP contribution in [0.4, 0.5) is 0 Å². The van der Waals surface area contributed by atoms with Gasteiger partial charge in [-0.15, -0.1) is 0 Å². The number of aliphatic imine (C=N–C) groups is 1. The molecule has 2 aromatic carbocycles. The summed E-state index contributed by atoms with van der Waals surface area (Å²) in [4.78, 5) is 80.8. The number of hydrogen-bond acceptors (Lipinski definition) is 15. The van der Waals surface area contributed by atoms with E-state index in [0.717, 1.165) is 25.8 Å². The number of fused-ring (bicyclic) bond motifs is 13. The van der Waals surface area contributed by atoms with Crippen molar-refractivity contribution in [3.63, 3.8) is 0 Å². The van der Waals surface area contributed by atoms with Crippen LogP contribution in [0, 0.1) is 42.4 Å². The third-order valence-electron chi connectivity index (χ3n) is 16.6. The van der Waals surface area contributed by atoms with E-state index in [2.05, 4.69) is 41.5 Å². The second-order valence-corrected chi connectivity index (χ2v) is 22.6. The lowest BCUT2D eigenvalue weighted by atomic mass is 9.78. The zero-order valence-electron chi connectivity index (χ0n) is 45.7. The van der Waals surface area contributed by atoms with E-state index in [-0.39, 0.29) is 56.6 Å². The minimum absolute atomic E-state index is 0.00589. The summed E-state index contributed by atoms with van der Waals surface area (Å²) in [6, 6.07) is 10.2. The average molecular weight is 1050 g/mol. The molecule has 1 spiro atoms. The molecule has 9 rings (SSSR count). The van der Waals surface area contributed by atoms with Gasteiger partial charge in [-0.1, -0.05) is 90.1 Å². The van der Waals surface area contributed by atoms with Gasteiger partial charge < -0.3 is 54.7 Å². The SMILES string of the molecule is CO[C@H]1/C=C/O[C@@]2(C)Oc3c(C)c(O)c4c(c3C2=O)C2=NC3(CCN(CC(C)C)CC3)NC2=C(NC(=O)/C(C)=C\C=C\[C@H](C)[C@H](O)[C@@H](C)[C@@H](O)[C@@H](C)[C@H](OC(=O)CC(=O)N2CCC(Cc3ccccc3)CC2)[C@@H]1C)C4=O. The Labute approximate surface area is 446 Å². The van der Waals surface area contributed by atoms with Crippen molar-refractivity contribution in [1.29, 1.82) is 0 Å². The van der Waals surface area contributed by atoms with Crippen LogP contribution >= 0.6 is 0 Å². The van der Waals surface area contributed by atoms with Crippen molar-refractivity contribution in [2.75, 3.05) is 39.8 Å². The fourth-order valence-electron chi connectivity index (χ4n) is 11.8. The number of methoxy groups -OCH3 is 1. The molecule has 6 aliphatic heterocycles. The van der Waals surface area contributed by atoms with Crippen LogP contribution < -0.4 is 15.4 Å². The number of allylic oxidation sites excluding steroid dienone is 4. The molecule has 6 heterocycles. The summed E-state index contributed by atoms with van der Waals surface area (Å²) in [5.41, 5.74) is 0.863. The number of aliphatic hydroxyl groups excluding tert-OH is 2. The molecule has 17 nitrogen and oxygen atoms in total. The Morgan fingerprint density at radius 2 is 1.58 bits per heavy atom. The first-order chi connectivity index (χ1) is 36.1. The average Bonchev–Trinajstić information content (AvgIpc) is 4.01. The fourth-order valence-corrected chi connectivity index (χ4v) is 11.8. The second-order valence-electron chi connectivity index (χ2n) is 22.6. The third-order valence-corrected chi connectivity index (χ3v) is 16.6. The first kappa shape index (κ1) is 56.1. The summed E-state index contributed by atoms with van der Waals surface area (Å²) in [7, 11) is 1.45. The molecule has 1 aliphatic carbocycles. The van der Waals surface area contributed by atoms with Crippen molar-refractivity contribution < 1.29 is 58.2 Å². The minimum atomic E-state index is -2.03. The number of phenolic OH excluding ortho intramolecular Hbond substituents is 1. The number of benzene rings is 2. The number of aromatic hydroxyl groups is 1. The van der Waals surface area contributed by atoms with Crippen LogP contribution in [0.25, 0.3) is 0 Å². The van der Waals surface area contributed by atoms with Crippen LogP contribution in [-0.2, 0) is 35.0 Å². The largest absolute Gasteiger partial charge is 0.507 e. The van der Waals surface area contributed by atoms with Gasteiger partial charge in [0.05, 0.1) is 47.1 Å². The highest BCUT2D eigenvalue weighted by molar-refractivity contribution is 6.34. The van der Waals surface area contributed by atoms with Gasteiger partial charge in [0, 0.05) is 100.0 Å². The predicted molar refractivity (Wildman–Crippen MR) is 285 cm³/mol. The molecule has 5 N–H and O–H groups in total. The summed E-state index contributed by atoms with van der Waals surface area (Å²) in [6.07, 6.45) is 6.46. The summed E-state index contributed by atoms with van der Waals surface area (Å²) < 4.78 is 24.7. The van der Waals surface area contributed by atoms with Gasteiger partial charge >= 0.3 is 11.8 Å². The maximum atomic E-state index is 15.0. The second kappa shape index (κ2) is 22.8. The summed E-state index contributed by atoms with van der Waals surface area (Å²) in [6.45, 7) is 19.1. The molecular formula is C59H77N5O12. The Balaban J connectivity index is 1.11. The van der Waals surface area contributed by atoms with E-state index in [9.17, 15) is 39.3 Å². The molecule has 76 heavy (non-hydrogen) atoms. The molecule has 0 saturated carbocycles. The Morgan fingerprint density at radius 1 is 0.895 bits per heavy atom. The van der Waals surface area contributed by atoms with E-state index in [0.29, 0.717) is 50.9 Å². The first-order valence-electron chi connectivity index (χ1n) is 27.0. The number of hydrogen-bond donors (Lipinski definition) is 5. The number of aliphatic hydroxyl groups is 2. The number of rotatable bonds is 8. The Morgan fingerprint density at radius 3 is 2.24 bits per heavy atom. The number of phenols is 1. The van der Waals surface area contributed by atoms with Crippen molar-refractivity contribution in [2.24, 2.45) is 40.5 Å². The van der Waals surface area contributed by atoms with Crippen LogP contribution in [0.1, 0.15) is 125 Å². The van der Waals surface area contributed by atoms with E-state index in [4.69, 9.17) is 23.9 Å². The summed E-state index contributed by atoms with van der Waals surface area (Å²) in [5.74, 6) is -7.59. The number of likely N-dealkylation sites (tertiary alicyclic amines) is 2. The molecule has 2 amide bonds. The van der Waals surface area contributed by atoms with E-state index < -0.39 is 95.2 Å². The van der Waals surface area contributed by atoms with Crippen molar-refractivity contribution in [2.45, 2.75) is 137 Å². The molecule has 0 aromatic heterocycles. The third kappa shape index (κ3) is 11.3. The lowest BCUT2D eigenvalue weighted by molar-refractivity contribution is -0.165. The molecule has 9 atom stereocenters. The predicted octanol–water partition coefficient (Wildman–Crippen LogP) is 6.47. The number of piperidine rings is 2. The monoisotopic (exact) mass is 1050 g/mol. The zero-order valence-corrected chi connectivity index (χ0v) is 45.7. The molecule has 5 bridgehead atoms. The number of nitrogens with zero attached hydrogens (tertiary/aromatic N) is 3. The van der Waals surface area contributed by atoms with Crippen LogP contribution in [0.5, 0.6) is 11.5 Å². The standard InChI is InChI=1S/C59H77N5O12/c1-32(2)31-63-26-22-59(23-27-63)61-47-44-45-52(69)38(8)55-46(44)56(71)58(9,76-55)74-28-21-41(73-10)35(5)54(75-43(66)30-42(65)64-24-19-40(20-25-64)29-39-17-12-11-13-18-39)37(7)51(68)36(6)50(67)33(3)15-14-16-34(4)57(72)60-49(53(45)70)48(47)62-59/h11-18,21,28,32-33,35-37,40-41,50-51,54,62,67-69H,19-20,22-27,29-31H2,1-10H3,(H,60,72)/b15-14+,28-21+,34-16-/t33-,35+,36+,37+,41-,50-,51+,54+,58-/m0/s1. The zero-order chi connectivity index (χ0) is 55.0. The maximum absolute atomic E-state index is 15.0. The lowest BCUT2D eigenvalue weighted by Crippen LogP contribution is -2.50. The Hall–Kier alpha value is -6.14. The number of ketones is 2. The van der Waals surface area contributed by atoms with Gasteiger partial charge in [-0.2, -0.15) is 0 Å². The highest BCUT2D eigenvalue weighted by Gasteiger charge is 2.54. The number of ether oxygens (including phenoxy) is 4. The van der Waals surface area contributed by atoms with Gasteiger partial charge in [-0.3, -0.25) is 29.0 Å². The highest BCUT2D eigenvalue weighted by Crippen LogP contribution is 2.50. The molecule has 0 unspecified atom stereocenters. The van der Waals surface area contributed by atoms with Gasteiger partial charge in [0.2, 0.25) is 11.7 Å². The van der Waals surface area contributed by atoms with Crippen molar-refractivity contribution in [3.8, 4) is 11.5 Å². The maximum Gasteiger partial charge on any atom is 0.315 e. The minimum Gasteiger partial charge on any atom is -0.507 e. The van der Waals surface area contributed by atoms with E-state index >= 15 is 0 Å². The quantitative estimate of drug-likeness (QED) is 0.141. The molecule has 7 aliphatic rings. The van der Waals surface area contributed by atoms with Gasteiger partial charge in [0.25, 0.3) is 11.7 Å². The molecule has 0 radical (unpaired) electrons. The van der Waals surface area contributed by atoms with Crippen molar-refractivity contribution >= 4 is 35.1 Å². The summed E-state index contributed by atoms with van der Waals surface area (Å²) in [5, 5.41) is 42.0. The number of Topliss-reactive ketones (excluding diaryl/α,β-unsaturated/α-hetero) is 2. The number of carbonyl (C=O) groups excluding carboxylic acids is 5. The first-order valence-corrected chi connectivity index (χ1v) is 27.0. The number of nitrogens with one attached hydrogen (secondary N) is 2. The van der Waals surface area contributed by atoms with E-state index in [1.165, 1.54) is 38.9 Å². The van der Waals surface area contributed by atoms with Gasteiger partial charge in [-0.05, 0) is 56.6 Å². The van der Waals surface area contributed by atoms with E-state index in [1.54, 1.807) is 57.7 Å². The van der Waals surface area contributed by atoms with Crippen LogP contribution in [0.3, 0.4) is 0 Å². The normalized spacial score (nSPS) is 30.9. The van der Waals surface area contributed by atoms with Gasteiger partial charge in [0.1, 0.15) is 35.4 Å². The molecule has 2 saturated heterocycles. The van der Waals surface area contributed by atoms with Crippen molar-refractivity contribution in [3.05, 3.63) is 106 Å². The Bertz CT molecular complexity index is 2730. The molecule has 410 valence electrons. The number of amides is 2. The number of esters is 1. The van der Waals surface area contributed by atoms with Crippen LogP contribution in [-0.4, -0.2) is 136 Å². The van der Waals surface area contributed by atoms with Gasteiger partial charge in [0.15, 0.2) is 0 Å². The van der Waals surface area contributed by atoms with Crippen molar-refractivity contribution in [1.82, 2.24) is 20.4 Å². The molecule has 2 aromatic rings. The smallest absolute Gasteiger partial charge is 0.315 e.